The lowest BCUT2D eigenvalue weighted by molar-refractivity contribution is -0.137. The van der Waals surface area contributed by atoms with Crippen LogP contribution in [0, 0.1) is 11.8 Å². The van der Waals surface area contributed by atoms with Crippen LogP contribution in [0.15, 0.2) is 23.2 Å². The number of rotatable bonds is 4. The van der Waals surface area contributed by atoms with Crippen LogP contribution in [0.2, 0.25) is 0 Å². The first kappa shape index (κ1) is 23.4. The number of carbonyl (C=O) groups excluding carboxylic acids is 2. The van der Waals surface area contributed by atoms with Gasteiger partial charge in [-0.2, -0.15) is 13.2 Å². The van der Waals surface area contributed by atoms with Gasteiger partial charge < -0.3 is 15.8 Å². The Kier molecular flexibility index (Phi) is 5.41. The molecule has 0 bridgehead atoms. The van der Waals surface area contributed by atoms with E-state index in [2.05, 4.69) is 10.3 Å². The third-order valence-corrected chi connectivity index (χ3v) is 6.37. The fraction of sp³-hybridized carbons (Fsp3) is 0.609. The molecule has 3 atom stereocenters. The Morgan fingerprint density at radius 1 is 1.30 bits per heavy atom. The summed E-state index contributed by atoms with van der Waals surface area (Å²) < 4.78 is 45.6. The minimum Gasteiger partial charge on any atom is -0.487 e. The fourth-order valence-electron chi connectivity index (χ4n) is 4.64. The highest BCUT2D eigenvalue weighted by molar-refractivity contribution is 5.99. The Hall–Kier alpha value is -2.78. The molecule has 2 amide bonds. The summed E-state index contributed by atoms with van der Waals surface area (Å²) in [6.45, 7) is 7.63. The summed E-state index contributed by atoms with van der Waals surface area (Å²) in [5.74, 6) is -0.285. The Bertz CT molecular complexity index is 1020. The minimum atomic E-state index is -4.49. The third kappa shape index (κ3) is 4.94. The summed E-state index contributed by atoms with van der Waals surface area (Å²) in [6.07, 6.45) is -3.33. The van der Waals surface area contributed by atoms with Crippen molar-refractivity contribution in [1.29, 1.82) is 0 Å². The molecule has 1 fully saturated rings. The molecular formula is C23H29F3N4O3. The summed E-state index contributed by atoms with van der Waals surface area (Å²) in [6, 6.07) is 2.73. The molecule has 3 N–H and O–H groups in total. The molecule has 7 nitrogen and oxygen atoms in total. The van der Waals surface area contributed by atoms with E-state index in [1.807, 2.05) is 27.7 Å². The standard InChI is InChI=1S/C23H29F3N4O3/c1-21(2)10-18(31)30(20(27)29-21)11-12-7-14(12)19(32)28-16-9-22(3,4)33-17-6-5-13(8-15(16)17)23(24,25)26/h5-6,8,12,14,16H,7,9-11H2,1-4H3,(H2,27,29)(H,28,32)/t12-,14?,16+/m1/s1. The highest BCUT2D eigenvalue weighted by atomic mass is 19.4. The smallest absolute Gasteiger partial charge is 0.416 e. The summed E-state index contributed by atoms with van der Waals surface area (Å²) in [4.78, 5) is 31.2. The second kappa shape index (κ2) is 7.63. The molecule has 10 heteroatoms. The molecule has 0 radical (unpaired) electrons. The zero-order valence-electron chi connectivity index (χ0n) is 19.1. The highest BCUT2D eigenvalue weighted by Gasteiger charge is 2.47. The van der Waals surface area contributed by atoms with Crippen LogP contribution >= 0.6 is 0 Å². The van der Waals surface area contributed by atoms with E-state index in [0.717, 1.165) is 12.1 Å². The number of nitrogens with two attached hydrogens (primary N) is 1. The van der Waals surface area contributed by atoms with Crippen molar-refractivity contribution in [2.75, 3.05) is 6.54 Å². The van der Waals surface area contributed by atoms with Crippen molar-refractivity contribution in [1.82, 2.24) is 10.2 Å². The number of guanidine groups is 1. The maximum atomic E-state index is 13.2. The Morgan fingerprint density at radius 3 is 2.64 bits per heavy atom. The topological polar surface area (TPSA) is 97.0 Å². The number of nitrogens with zero attached hydrogens (tertiary/aromatic N) is 2. The first-order chi connectivity index (χ1) is 15.2. The molecule has 1 aromatic carbocycles. The van der Waals surface area contributed by atoms with E-state index in [-0.39, 0.29) is 36.0 Å². The van der Waals surface area contributed by atoms with Crippen LogP contribution in [-0.4, -0.2) is 40.4 Å². The van der Waals surface area contributed by atoms with Gasteiger partial charge in [-0.05, 0) is 58.2 Å². The summed E-state index contributed by atoms with van der Waals surface area (Å²) >= 11 is 0. The number of benzene rings is 1. The number of halogens is 3. The largest absolute Gasteiger partial charge is 0.487 e. The molecule has 0 aromatic heterocycles. The monoisotopic (exact) mass is 466 g/mol. The average Bonchev–Trinajstić information content (AvgIpc) is 3.41. The number of hydrogen-bond donors (Lipinski definition) is 2. The maximum absolute atomic E-state index is 13.2. The van der Waals surface area contributed by atoms with Gasteiger partial charge in [-0.1, -0.05) is 0 Å². The van der Waals surface area contributed by atoms with Gasteiger partial charge in [0.1, 0.15) is 11.4 Å². The zero-order valence-corrected chi connectivity index (χ0v) is 19.1. The van der Waals surface area contributed by atoms with Crippen LogP contribution in [-0.2, 0) is 15.8 Å². The van der Waals surface area contributed by atoms with Gasteiger partial charge in [-0.25, -0.2) is 4.99 Å². The van der Waals surface area contributed by atoms with Gasteiger partial charge >= 0.3 is 6.18 Å². The minimum absolute atomic E-state index is 0.0715. The van der Waals surface area contributed by atoms with E-state index >= 15 is 0 Å². The molecule has 180 valence electrons. The molecule has 1 unspecified atom stereocenters. The van der Waals surface area contributed by atoms with Crippen LogP contribution in [0.4, 0.5) is 13.2 Å². The second-order valence-electron chi connectivity index (χ2n) is 10.4. The molecule has 2 heterocycles. The van der Waals surface area contributed by atoms with E-state index in [1.54, 1.807) is 0 Å². The van der Waals surface area contributed by atoms with Crippen molar-refractivity contribution in [2.45, 2.75) is 70.3 Å². The summed E-state index contributed by atoms with van der Waals surface area (Å²) in [7, 11) is 0. The summed E-state index contributed by atoms with van der Waals surface area (Å²) in [5.41, 5.74) is 4.32. The van der Waals surface area contributed by atoms with Crippen molar-refractivity contribution in [3.05, 3.63) is 29.3 Å². The van der Waals surface area contributed by atoms with E-state index in [4.69, 9.17) is 10.5 Å². The second-order valence-corrected chi connectivity index (χ2v) is 10.4. The number of ether oxygens (including phenoxy) is 1. The van der Waals surface area contributed by atoms with Crippen LogP contribution in [0.25, 0.3) is 0 Å². The van der Waals surface area contributed by atoms with Gasteiger partial charge in [0.15, 0.2) is 5.96 Å². The number of amides is 2. The predicted molar refractivity (Wildman–Crippen MR) is 115 cm³/mol. The molecule has 2 aliphatic heterocycles. The molecule has 4 rings (SSSR count). The number of nitrogens with one attached hydrogen (secondary N) is 1. The van der Waals surface area contributed by atoms with Crippen LogP contribution in [0.1, 0.15) is 64.1 Å². The molecule has 0 saturated heterocycles. The van der Waals surface area contributed by atoms with E-state index in [0.29, 0.717) is 30.7 Å². The number of alkyl halides is 3. The van der Waals surface area contributed by atoms with Crippen molar-refractivity contribution in [2.24, 2.45) is 22.6 Å². The number of hydrogen-bond acceptors (Lipinski definition) is 5. The molecule has 33 heavy (non-hydrogen) atoms. The van der Waals surface area contributed by atoms with Gasteiger partial charge in [0.25, 0.3) is 0 Å². The molecule has 0 spiro atoms. The molecule has 1 aromatic rings. The first-order valence-corrected chi connectivity index (χ1v) is 11.0. The molecule has 3 aliphatic rings. The lowest BCUT2D eigenvalue weighted by atomic mass is 9.88. The van der Waals surface area contributed by atoms with Crippen LogP contribution in [0.5, 0.6) is 5.75 Å². The van der Waals surface area contributed by atoms with Crippen LogP contribution < -0.4 is 15.8 Å². The Balaban J connectivity index is 1.46. The SMILES string of the molecule is CC1(C)CC(=O)N(C[C@H]2CC2C(=O)N[C@H]2CC(C)(C)Oc3ccc(C(F)(F)F)cc32)C(N)=N1. The first-order valence-electron chi connectivity index (χ1n) is 11.0. The number of aliphatic imine (C=N–C) groups is 1. The lowest BCUT2D eigenvalue weighted by Gasteiger charge is -2.38. The van der Waals surface area contributed by atoms with Crippen molar-refractivity contribution in [3.63, 3.8) is 0 Å². The molecule has 1 saturated carbocycles. The predicted octanol–water partition coefficient (Wildman–Crippen LogP) is 3.39. The van der Waals surface area contributed by atoms with Crippen molar-refractivity contribution in [3.8, 4) is 5.75 Å². The van der Waals surface area contributed by atoms with Crippen molar-refractivity contribution >= 4 is 17.8 Å². The van der Waals surface area contributed by atoms with Crippen molar-refractivity contribution < 1.29 is 27.5 Å². The average molecular weight is 467 g/mol. The normalized spacial score (nSPS) is 27.8. The van der Waals surface area contributed by atoms with E-state index in [1.165, 1.54) is 11.0 Å². The third-order valence-electron chi connectivity index (χ3n) is 6.37. The van der Waals surface area contributed by atoms with Crippen LogP contribution in [0.3, 0.4) is 0 Å². The zero-order chi connectivity index (χ0) is 24.3. The van der Waals surface area contributed by atoms with Gasteiger partial charge in [0.2, 0.25) is 11.8 Å². The summed E-state index contributed by atoms with van der Waals surface area (Å²) in [5, 5.41) is 2.92. The van der Waals surface area contributed by atoms with Gasteiger partial charge in [0.05, 0.1) is 23.6 Å². The molecule has 1 aliphatic carbocycles. The number of fused-ring (bicyclic) bond motifs is 1. The fourth-order valence-corrected chi connectivity index (χ4v) is 4.64. The number of carbonyl (C=O) groups is 2. The highest BCUT2D eigenvalue weighted by Crippen LogP contribution is 2.44. The van der Waals surface area contributed by atoms with E-state index < -0.39 is 28.9 Å². The quantitative estimate of drug-likeness (QED) is 0.711. The Morgan fingerprint density at radius 2 is 2.00 bits per heavy atom. The maximum Gasteiger partial charge on any atom is 0.416 e. The van der Waals surface area contributed by atoms with Gasteiger partial charge in [0, 0.05) is 24.4 Å². The van der Waals surface area contributed by atoms with E-state index in [9.17, 15) is 22.8 Å². The lowest BCUT2D eigenvalue weighted by Crippen LogP contribution is -2.50. The molecular weight excluding hydrogens is 437 g/mol. The Labute approximate surface area is 190 Å². The van der Waals surface area contributed by atoms with Gasteiger partial charge in [-0.3, -0.25) is 14.5 Å². The van der Waals surface area contributed by atoms with Gasteiger partial charge in [-0.15, -0.1) is 0 Å².